The molecule has 1 saturated heterocycles. The lowest BCUT2D eigenvalue weighted by molar-refractivity contribution is 0.0331. The Morgan fingerprint density at radius 1 is 0.947 bits per heavy atom. The Morgan fingerprint density at radius 3 is 1.89 bits per heavy atom. The van der Waals surface area contributed by atoms with Gasteiger partial charge in [0.1, 0.15) is 5.60 Å². The summed E-state index contributed by atoms with van der Waals surface area (Å²) in [4.78, 5) is 0. The number of aliphatic hydroxyl groups excluding tert-OH is 1. The summed E-state index contributed by atoms with van der Waals surface area (Å²) in [6.45, 7) is 0.793. The van der Waals surface area contributed by atoms with Gasteiger partial charge >= 0.3 is 0 Å². The molecule has 0 amide bonds. The minimum Gasteiger partial charge on any atom is -0.396 e. The molecule has 0 spiro atoms. The van der Waals surface area contributed by atoms with Crippen LogP contribution in [0.2, 0.25) is 0 Å². The highest BCUT2D eigenvalue weighted by Crippen LogP contribution is 2.44. The average Bonchev–Trinajstić information content (AvgIpc) is 2.95. The summed E-state index contributed by atoms with van der Waals surface area (Å²) >= 11 is 0. The van der Waals surface area contributed by atoms with E-state index >= 15 is 0 Å². The Labute approximate surface area is 113 Å². The Bertz CT molecular complexity index is 482. The van der Waals surface area contributed by atoms with Crippen LogP contribution < -0.4 is 0 Å². The molecular formula is C17H18O2. The van der Waals surface area contributed by atoms with Gasteiger partial charge in [-0.3, -0.25) is 0 Å². The van der Waals surface area contributed by atoms with Crippen LogP contribution in [0.4, 0.5) is 0 Å². The quantitative estimate of drug-likeness (QED) is 0.912. The van der Waals surface area contributed by atoms with Gasteiger partial charge in [-0.2, -0.15) is 0 Å². The molecule has 1 aliphatic heterocycles. The summed E-state index contributed by atoms with van der Waals surface area (Å²) in [6.07, 6.45) is 0.831. The van der Waals surface area contributed by atoms with Gasteiger partial charge in [0.05, 0.1) is 6.61 Å². The number of benzene rings is 2. The van der Waals surface area contributed by atoms with E-state index in [1.54, 1.807) is 0 Å². The molecule has 1 unspecified atom stereocenters. The Morgan fingerprint density at radius 2 is 1.47 bits per heavy atom. The second kappa shape index (κ2) is 5.16. The second-order valence-corrected chi connectivity index (χ2v) is 5.12. The second-order valence-electron chi connectivity index (χ2n) is 5.12. The van der Waals surface area contributed by atoms with Crippen molar-refractivity contribution in [3.63, 3.8) is 0 Å². The number of aliphatic hydroxyl groups is 1. The molecule has 1 fully saturated rings. The molecule has 0 aliphatic carbocycles. The first-order valence-corrected chi connectivity index (χ1v) is 6.71. The van der Waals surface area contributed by atoms with Crippen molar-refractivity contribution in [3.05, 3.63) is 71.8 Å². The standard InChI is InChI=1S/C17H18O2/c18-12-14-11-17(19-13-14,15-7-3-1-4-8-15)16-9-5-2-6-10-16/h1-10,14,18H,11-13H2. The molecule has 0 radical (unpaired) electrons. The predicted octanol–water partition coefficient (Wildman–Crippen LogP) is 2.96. The highest BCUT2D eigenvalue weighted by Gasteiger charge is 2.42. The first-order valence-electron chi connectivity index (χ1n) is 6.71. The molecule has 1 heterocycles. The largest absolute Gasteiger partial charge is 0.396 e. The fourth-order valence-electron chi connectivity index (χ4n) is 2.89. The molecule has 2 aromatic carbocycles. The van der Waals surface area contributed by atoms with Gasteiger partial charge in [-0.1, -0.05) is 60.7 Å². The van der Waals surface area contributed by atoms with Crippen molar-refractivity contribution >= 4 is 0 Å². The van der Waals surface area contributed by atoms with E-state index in [1.165, 1.54) is 0 Å². The van der Waals surface area contributed by atoms with Crippen LogP contribution in [-0.2, 0) is 10.3 Å². The maximum Gasteiger partial charge on any atom is 0.119 e. The SMILES string of the molecule is OCC1COC(c2ccccc2)(c2ccccc2)C1. The number of ether oxygens (including phenoxy) is 1. The van der Waals surface area contributed by atoms with Gasteiger partial charge in [-0.05, 0) is 17.5 Å². The molecule has 1 atom stereocenters. The van der Waals surface area contributed by atoms with E-state index < -0.39 is 5.60 Å². The predicted molar refractivity (Wildman–Crippen MR) is 74.8 cm³/mol. The van der Waals surface area contributed by atoms with Gasteiger partial charge in [0, 0.05) is 12.5 Å². The monoisotopic (exact) mass is 254 g/mol. The first kappa shape index (κ1) is 12.4. The topological polar surface area (TPSA) is 29.5 Å². The fourth-order valence-corrected chi connectivity index (χ4v) is 2.89. The van der Waals surface area contributed by atoms with Gasteiger partial charge in [0.15, 0.2) is 0 Å². The molecule has 0 aromatic heterocycles. The molecule has 1 aliphatic rings. The Hall–Kier alpha value is -1.64. The lowest BCUT2D eigenvalue weighted by Gasteiger charge is -2.30. The van der Waals surface area contributed by atoms with E-state index in [2.05, 4.69) is 24.3 Å². The van der Waals surface area contributed by atoms with Gasteiger partial charge in [0.25, 0.3) is 0 Å². The molecule has 3 rings (SSSR count). The molecule has 2 aromatic rings. The van der Waals surface area contributed by atoms with Gasteiger partial charge in [-0.25, -0.2) is 0 Å². The summed E-state index contributed by atoms with van der Waals surface area (Å²) in [7, 11) is 0. The molecular weight excluding hydrogens is 236 g/mol. The van der Waals surface area contributed by atoms with E-state index in [0.29, 0.717) is 6.61 Å². The number of hydrogen-bond acceptors (Lipinski definition) is 2. The van der Waals surface area contributed by atoms with Crippen molar-refractivity contribution in [2.45, 2.75) is 12.0 Å². The van der Waals surface area contributed by atoms with E-state index in [9.17, 15) is 5.11 Å². The van der Waals surface area contributed by atoms with Gasteiger partial charge in [-0.15, -0.1) is 0 Å². The third-order valence-electron chi connectivity index (χ3n) is 3.88. The average molecular weight is 254 g/mol. The zero-order valence-corrected chi connectivity index (χ0v) is 10.8. The number of rotatable bonds is 3. The van der Waals surface area contributed by atoms with Crippen molar-refractivity contribution in [1.29, 1.82) is 0 Å². The van der Waals surface area contributed by atoms with Crippen molar-refractivity contribution in [2.75, 3.05) is 13.2 Å². The van der Waals surface area contributed by atoms with E-state index in [0.717, 1.165) is 17.5 Å². The van der Waals surface area contributed by atoms with Crippen LogP contribution in [0.3, 0.4) is 0 Å². The maximum absolute atomic E-state index is 9.41. The van der Waals surface area contributed by atoms with Crippen molar-refractivity contribution in [2.24, 2.45) is 5.92 Å². The van der Waals surface area contributed by atoms with Crippen molar-refractivity contribution in [1.82, 2.24) is 0 Å². The highest BCUT2D eigenvalue weighted by molar-refractivity contribution is 5.37. The summed E-state index contributed by atoms with van der Waals surface area (Å²) in [5.74, 6) is 0.209. The molecule has 19 heavy (non-hydrogen) atoms. The maximum atomic E-state index is 9.41. The zero-order chi connectivity index (χ0) is 13.1. The molecule has 0 bridgehead atoms. The fraction of sp³-hybridized carbons (Fsp3) is 0.294. The van der Waals surface area contributed by atoms with Crippen LogP contribution >= 0.6 is 0 Å². The number of hydrogen-bond donors (Lipinski definition) is 1. The van der Waals surface area contributed by atoms with Crippen LogP contribution in [0.1, 0.15) is 17.5 Å². The van der Waals surface area contributed by atoms with E-state index in [1.807, 2.05) is 36.4 Å². The first-order chi connectivity index (χ1) is 9.35. The van der Waals surface area contributed by atoms with E-state index in [-0.39, 0.29) is 12.5 Å². The van der Waals surface area contributed by atoms with Crippen LogP contribution in [0.5, 0.6) is 0 Å². The minimum atomic E-state index is -0.407. The molecule has 2 nitrogen and oxygen atoms in total. The van der Waals surface area contributed by atoms with E-state index in [4.69, 9.17) is 4.74 Å². The molecule has 98 valence electrons. The normalized spacial score (nSPS) is 21.4. The zero-order valence-electron chi connectivity index (χ0n) is 10.8. The molecule has 1 N–H and O–H groups in total. The van der Waals surface area contributed by atoms with Gasteiger partial charge in [0.2, 0.25) is 0 Å². The smallest absolute Gasteiger partial charge is 0.119 e. The summed E-state index contributed by atoms with van der Waals surface area (Å²) < 4.78 is 6.16. The molecule has 2 heteroatoms. The summed E-state index contributed by atoms with van der Waals surface area (Å²) in [5.41, 5.74) is 1.92. The van der Waals surface area contributed by atoms with Crippen molar-refractivity contribution in [3.8, 4) is 0 Å². The van der Waals surface area contributed by atoms with Crippen LogP contribution in [-0.4, -0.2) is 18.3 Å². The van der Waals surface area contributed by atoms with Crippen molar-refractivity contribution < 1.29 is 9.84 Å². The third-order valence-corrected chi connectivity index (χ3v) is 3.88. The van der Waals surface area contributed by atoms with Crippen LogP contribution in [0, 0.1) is 5.92 Å². The van der Waals surface area contributed by atoms with Crippen LogP contribution in [0.15, 0.2) is 60.7 Å². The minimum absolute atomic E-state index is 0.182. The lowest BCUT2D eigenvalue weighted by Crippen LogP contribution is -2.26. The third kappa shape index (κ3) is 2.18. The Balaban J connectivity index is 2.07. The molecule has 0 saturated carbocycles. The Kier molecular flexibility index (Phi) is 3.36. The summed E-state index contributed by atoms with van der Waals surface area (Å²) in [5, 5.41) is 9.41. The van der Waals surface area contributed by atoms with Crippen LogP contribution in [0.25, 0.3) is 0 Å². The summed E-state index contributed by atoms with van der Waals surface area (Å²) in [6, 6.07) is 20.6. The van der Waals surface area contributed by atoms with Gasteiger partial charge < -0.3 is 9.84 Å². The highest BCUT2D eigenvalue weighted by atomic mass is 16.5. The lowest BCUT2D eigenvalue weighted by atomic mass is 9.82.